The molecule has 0 saturated heterocycles. The fourth-order valence-corrected chi connectivity index (χ4v) is 3.02. The number of fused-ring (bicyclic) bond motifs is 1. The number of rotatable bonds is 4. The second-order valence-electron chi connectivity index (χ2n) is 5.42. The van der Waals surface area contributed by atoms with Gasteiger partial charge < -0.3 is 4.98 Å². The average Bonchev–Trinajstić information content (AvgIpc) is 2.96. The summed E-state index contributed by atoms with van der Waals surface area (Å²) in [4.78, 5) is 7.85. The Morgan fingerprint density at radius 3 is 2.50 bits per heavy atom. The van der Waals surface area contributed by atoms with Crippen LogP contribution in [0.1, 0.15) is 30.5 Å². The van der Waals surface area contributed by atoms with Crippen molar-refractivity contribution in [1.29, 1.82) is 5.26 Å². The van der Waals surface area contributed by atoms with Gasteiger partial charge in [-0.3, -0.25) is 4.98 Å². The number of hydrogen-bond acceptors (Lipinski definition) is 2. The monoisotopic (exact) mass is 289 g/mol. The highest BCUT2D eigenvalue weighted by Gasteiger charge is 2.12. The van der Waals surface area contributed by atoms with Gasteiger partial charge in [0, 0.05) is 17.1 Å². The normalized spacial score (nSPS) is 10.8. The molecule has 2 aromatic heterocycles. The first-order valence-electron chi connectivity index (χ1n) is 7.72. The average molecular weight is 289 g/mol. The molecule has 0 amide bonds. The molecule has 0 radical (unpaired) electrons. The second-order valence-corrected chi connectivity index (χ2v) is 5.42. The van der Waals surface area contributed by atoms with Gasteiger partial charge in [-0.15, -0.1) is 0 Å². The largest absolute Gasteiger partial charge is 0.360 e. The fraction of sp³-hybridized carbons (Fsp3) is 0.263. The number of nitrogens with zero attached hydrogens (tertiary/aromatic N) is 2. The van der Waals surface area contributed by atoms with Gasteiger partial charge in [0.25, 0.3) is 0 Å². The van der Waals surface area contributed by atoms with Crippen molar-refractivity contribution in [3.63, 3.8) is 0 Å². The summed E-state index contributed by atoms with van der Waals surface area (Å²) in [5.74, 6) is 0. The number of pyridine rings is 1. The molecule has 110 valence electrons. The number of nitriles is 1. The van der Waals surface area contributed by atoms with E-state index in [-0.39, 0.29) is 0 Å². The zero-order chi connectivity index (χ0) is 15.5. The van der Waals surface area contributed by atoms with Crippen LogP contribution in [-0.4, -0.2) is 9.97 Å². The number of H-pyrrole nitrogens is 1. The van der Waals surface area contributed by atoms with Crippen LogP contribution in [-0.2, 0) is 19.3 Å². The molecule has 0 aliphatic heterocycles. The van der Waals surface area contributed by atoms with Crippen LogP contribution in [0.3, 0.4) is 0 Å². The minimum Gasteiger partial charge on any atom is -0.360 e. The summed E-state index contributed by atoms with van der Waals surface area (Å²) in [7, 11) is 0. The van der Waals surface area contributed by atoms with Crippen LogP contribution >= 0.6 is 0 Å². The Morgan fingerprint density at radius 1 is 1.14 bits per heavy atom. The lowest BCUT2D eigenvalue weighted by atomic mass is 9.94. The van der Waals surface area contributed by atoms with E-state index in [2.05, 4.69) is 54.2 Å². The molecule has 0 unspecified atom stereocenters. The summed E-state index contributed by atoms with van der Waals surface area (Å²) >= 11 is 0. The minimum atomic E-state index is 0.416. The van der Waals surface area contributed by atoms with E-state index in [9.17, 15) is 0 Å². The van der Waals surface area contributed by atoms with E-state index in [1.54, 1.807) is 0 Å². The van der Waals surface area contributed by atoms with Crippen LogP contribution < -0.4 is 0 Å². The van der Waals surface area contributed by atoms with Crippen molar-refractivity contribution in [3.05, 3.63) is 53.3 Å². The summed E-state index contributed by atoms with van der Waals surface area (Å²) in [6, 6.07) is 10.8. The van der Waals surface area contributed by atoms with Crippen molar-refractivity contribution in [2.24, 2.45) is 0 Å². The highest BCUT2D eigenvalue weighted by atomic mass is 14.7. The fourth-order valence-electron chi connectivity index (χ4n) is 3.02. The Bertz CT molecular complexity index is 830. The van der Waals surface area contributed by atoms with Gasteiger partial charge in [-0.25, -0.2) is 0 Å². The van der Waals surface area contributed by atoms with Crippen molar-refractivity contribution < 1.29 is 0 Å². The van der Waals surface area contributed by atoms with Crippen LogP contribution in [0, 0.1) is 11.3 Å². The summed E-state index contributed by atoms with van der Waals surface area (Å²) in [6.07, 6.45) is 6.17. The van der Waals surface area contributed by atoms with E-state index in [4.69, 9.17) is 5.26 Å². The summed E-state index contributed by atoms with van der Waals surface area (Å²) in [5.41, 5.74) is 6.92. The van der Waals surface area contributed by atoms with Crippen LogP contribution in [0.5, 0.6) is 0 Å². The predicted octanol–water partition coefficient (Wildman–Crippen LogP) is 4.42. The molecular weight excluding hydrogens is 270 g/mol. The van der Waals surface area contributed by atoms with E-state index in [0.29, 0.717) is 6.42 Å². The van der Waals surface area contributed by atoms with Gasteiger partial charge in [-0.1, -0.05) is 32.0 Å². The maximum atomic E-state index is 8.97. The topological polar surface area (TPSA) is 52.5 Å². The highest BCUT2D eigenvalue weighted by Crippen LogP contribution is 2.30. The van der Waals surface area contributed by atoms with Gasteiger partial charge in [-0.05, 0) is 35.6 Å². The van der Waals surface area contributed by atoms with Gasteiger partial charge in [0.15, 0.2) is 0 Å². The molecule has 0 fully saturated rings. The van der Waals surface area contributed by atoms with Crippen molar-refractivity contribution in [2.75, 3.05) is 0 Å². The van der Waals surface area contributed by atoms with Gasteiger partial charge in [0.05, 0.1) is 29.9 Å². The molecule has 2 heterocycles. The Balaban J connectivity index is 2.22. The quantitative estimate of drug-likeness (QED) is 0.773. The first kappa shape index (κ1) is 14.3. The molecule has 1 N–H and O–H groups in total. The van der Waals surface area contributed by atoms with Crippen molar-refractivity contribution >= 4 is 10.9 Å². The number of aryl methyl sites for hydroxylation is 2. The predicted molar refractivity (Wildman–Crippen MR) is 89.6 cm³/mol. The number of aromatic nitrogens is 2. The molecule has 3 aromatic rings. The van der Waals surface area contributed by atoms with Gasteiger partial charge in [0.2, 0.25) is 0 Å². The third-order valence-corrected chi connectivity index (χ3v) is 4.18. The summed E-state index contributed by atoms with van der Waals surface area (Å²) in [6.45, 7) is 4.35. The van der Waals surface area contributed by atoms with Crippen molar-refractivity contribution in [1.82, 2.24) is 9.97 Å². The molecule has 0 aliphatic rings. The number of nitrogens with one attached hydrogen (secondary N) is 1. The van der Waals surface area contributed by atoms with Crippen LogP contribution in [0.15, 0.2) is 36.7 Å². The molecule has 1 aromatic carbocycles. The summed E-state index contributed by atoms with van der Waals surface area (Å²) in [5, 5.41) is 10.1. The number of hydrogen-bond donors (Lipinski definition) is 1. The van der Waals surface area contributed by atoms with Crippen LogP contribution in [0.25, 0.3) is 22.2 Å². The Morgan fingerprint density at radius 2 is 1.86 bits per heavy atom. The molecular formula is C19H19N3. The van der Waals surface area contributed by atoms with E-state index in [1.807, 2.05) is 12.4 Å². The first-order valence-corrected chi connectivity index (χ1v) is 7.72. The molecule has 0 aliphatic carbocycles. The molecule has 3 rings (SSSR count). The Hall–Kier alpha value is -2.60. The first-order chi connectivity index (χ1) is 10.8. The lowest BCUT2D eigenvalue weighted by molar-refractivity contribution is 1.08. The lowest BCUT2D eigenvalue weighted by Gasteiger charge is -2.12. The van der Waals surface area contributed by atoms with Gasteiger partial charge in [0.1, 0.15) is 0 Å². The highest BCUT2D eigenvalue weighted by molar-refractivity contribution is 5.87. The van der Waals surface area contributed by atoms with E-state index in [1.165, 1.54) is 16.7 Å². The number of aromatic amines is 1. The van der Waals surface area contributed by atoms with Crippen molar-refractivity contribution in [2.45, 2.75) is 33.1 Å². The summed E-state index contributed by atoms with van der Waals surface area (Å²) < 4.78 is 0. The van der Waals surface area contributed by atoms with E-state index in [0.717, 1.165) is 35.0 Å². The van der Waals surface area contributed by atoms with Crippen molar-refractivity contribution in [3.8, 4) is 17.3 Å². The molecule has 0 saturated carbocycles. The maximum Gasteiger partial charge on any atom is 0.0715 e. The SMILES string of the molecule is CCc1cccc(CC)c1-c1cc2c(CC#N)c[nH]c2cn1. The third kappa shape index (κ3) is 2.37. The van der Waals surface area contributed by atoms with Gasteiger partial charge in [-0.2, -0.15) is 5.26 Å². The molecule has 0 bridgehead atoms. The Kier molecular flexibility index (Phi) is 3.93. The Labute approximate surface area is 130 Å². The molecule has 0 atom stereocenters. The standard InChI is InChI=1S/C19H19N3/c1-3-13-6-5-7-14(4-2)19(13)17-10-16-15(8-9-20)11-21-18(16)12-22-17/h5-7,10-12,21H,3-4,8H2,1-2H3. The molecule has 22 heavy (non-hydrogen) atoms. The lowest BCUT2D eigenvalue weighted by Crippen LogP contribution is -1.96. The van der Waals surface area contributed by atoms with Crippen LogP contribution in [0.4, 0.5) is 0 Å². The second kappa shape index (κ2) is 6.03. The molecule has 3 nitrogen and oxygen atoms in total. The molecule has 3 heteroatoms. The van der Waals surface area contributed by atoms with E-state index >= 15 is 0 Å². The zero-order valence-corrected chi connectivity index (χ0v) is 13.0. The van der Waals surface area contributed by atoms with Gasteiger partial charge >= 0.3 is 0 Å². The third-order valence-electron chi connectivity index (χ3n) is 4.18. The smallest absolute Gasteiger partial charge is 0.0715 e. The van der Waals surface area contributed by atoms with E-state index < -0.39 is 0 Å². The zero-order valence-electron chi connectivity index (χ0n) is 13.0. The molecule has 0 spiro atoms. The minimum absolute atomic E-state index is 0.416. The maximum absolute atomic E-state index is 8.97. The van der Waals surface area contributed by atoms with Crippen LogP contribution in [0.2, 0.25) is 0 Å². The number of benzene rings is 1.